The molecule has 3 N–H and O–H groups in total. The molecule has 0 unspecified atom stereocenters. The summed E-state index contributed by atoms with van der Waals surface area (Å²) in [4.78, 5) is 0. The van der Waals surface area contributed by atoms with Crippen molar-refractivity contribution in [3.63, 3.8) is 0 Å². The molecule has 0 spiro atoms. The maximum Gasteiger partial charge on any atom is 0.0866 e. The molecule has 38 valence electrons. The van der Waals surface area contributed by atoms with Gasteiger partial charge in [-0.15, -0.1) is 5.10 Å². The molecule has 0 bridgehead atoms. The van der Waals surface area contributed by atoms with E-state index in [1.54, 1.807) is 6.20 Å². The van der Waals surface area contributed by atoms with Gasteiger partial charge in [-0.1, -0.05) is 5.21 Å². The van der Waals surface area contributed by atoms with Gasteiger partial charge in [-0.3, -0.25) is 0 Å². The lowest BCUT2D eigenvalue weighted by atomic mass is 10.7. The second kappa shape index (κ2) is 1.04. The Hall–Kier alpha value is -0.900. The molecule has 0 fully saturated rings. The zero-order valence-electron chi connectivity index (χ0n) is 3.83. The average molecular weight is 98.1 g/mol. The van der Waals surface area contributed by atoms with Crippen LogP contribution in [-0.4, -0.2) is 15.0 Å². The molecule has 0 saturated carbocycles. The summed E-state index contributed by atoms with van der Waals surface area (Å²) in [5.41, 5.74) is 1.25. The van der Waals surface area contributed by atoms with Crippen LogP contribution in [0.1, 0.15) is 5.69 Å². The maximum absolute atomic E-state index is 3.68. The van der Waals surface area contributed by atoms with E-state index in [0.29, 0.717) is 0 Å². The first kappa shape index (κ1) is 4.26. The minimum absolute atomic E-state index is 0. The Morgan fingerprint density at radius 2 is 2.57 bits per heavy atom. The summed E-state index contributed by atoms with van der Waals surface area (Å²) in [6.07, 6.45) is 1.78. The van der Waals surface area contributed by atoms with E-state index in [2.05, 4.69) is 10.3 Å². The predicted octanol–water partition coefficient (Wildman–Crippen LogP) is -0.198. The van der Waals surface area contributed by atoms with Gasteiger partial charge in [-0.25, -0.2) is 4.68 Å². The molecular formula is C3H6N4. The van der Waals surface area contributed by atoms with Crippen LogP contribution in [0.4, 0.5) is 0 Å². The third-order valence-corrected chi connectivity index (χ3v) is 0.906. The van der Waals surface area contributed by atoms with Crippen LogP contribution < -0.4 is 6.15 Å². The van der Waals surface area contributed by atoms with E-state index >= 15 is 0 Å². The molecule has 1 aliphatic rings. The smallest absolute Gasteiger partial charge is 0.0866 e. The lowest BCUT2D eigenvalue weighted by molar-refractivity contribution is 0.798. The number of rotatable bonds is 0. The minimum atomic E-state index is 0. The molecule has 0 aromatic carbocycles. The standard InChI is InChI=1S/C3H3N3.H3N/c1-3-2-6(3)5-4-1;/h1H,2H2;1H3. The summed E-state index contributed by atoms with van der Waals surface area (Å²) in [5, 5.41) is 7.28. The van der Waals surface area contributed by atoms with E-state index < -0.39 is 0 Å². The van der Waals surface area contributed by atoms with Crippen molar-refractivity contribution >= 4 is 0 Å². The number of nitrogens with zero attached hydrogens (tertiary/aromatic N) is 3. The largest absolute Gasteiger partial charge is 0.344 e. The van der Waals surface area contributed by atoms with Crippen molar-refractivity contribution in [1.82, 2.24) is 21.1 Å². The van der Waals surface area contributed by atoms with Crippen molar-refractivity contribution in [3.05, 3.63) is 11.9 Å². The highest BCUT2D eigenvalue weighted by atomic mass is 15.5. The van der Waals surface area contributed by atoms with Gasteiger partial charge in [0.1, 0.15) is 0 Å². The Bertz CT molecular complexity index is 151. The van der Waals surface area contributed by atoms with Crippen molar-refractivity contribution < 1.29 is 0 Å². The Kier molecular flexibility index (Phi) is 0.631. The second-order valence-electron chi connectivity index (χ2n) is 1.38. The van der Waals surface area contributed by atoms with Crippen LogP contribution in [0.5, 0.6) is 0 Å². The van der Waals surface area contributed by atoms with Gasteiger partial charge in [0.05, 0.1) is 18.4 Å². The van der Waals surface area contributed by atoms with Crippen LogP contribution in [0.2, 0.25) is 0 Å². The molecule has 1 aliphatic heterocycles. The van der Waals surface area contributed by atoms with E-state index in [1.165, 1.54) is 5.69 Å². The average Bonchev–Trinajstić information content (AvgIpc) is 2.17. The third-order valence-electron chi connectivity index (χ3n) is 0.906. The summed E-state index contributed by atoms with van der Waals surface area (Å²) in [7, 11) is 0. The molecular weight excluding hydrogens is 92.1 g/mol. The molecule has 0 radical (unpaired) electrons. The quantitative estimate of drug-likeness (QED) is 0.496. The van der Waals surface area contributed by atoms with Gasteiger partial charge in [0.25, 0.3) is 0 Å². The molecule has 4 nitrogen and oxygen atoms in total. The van der Waals surface area contributed by atoms with Gasteiger partial charge in [-0.05, 0) is 0 Å². The van der Waals surface area contributed by atoms with Crippen molar-refractivity contribution in [3.8, 4) is 0 Å². The highest BCUT2D eigenvalue weighted by Gasteiger charge is 2.15. The molecule has 1 aromatic rings. The molecule has 7 heavy (non-hydrogen) atoms. The lowest BCUT2D eigenvalue weighted by Gasteiger charge is -1.59. The SMILES string of the molecule is N.c1nnn2c1C2. The van der Waals surface area contributed by atoms with Gasteiger partial charge < -0.3 is 6.15 Å². The summed E-state index contributed by atoms with van der Waals surface area (Å²) in [5.74, 6) is 0. The molecule has 2 rings (SSSR count). The van der Waals surface area contributed by atoms with Gasteiger partial charge in [-0.2, -0.15) is 0 Å². The van der Waals surface area contributed by atoms with Crippen LogP contribution in [0.15, 0.2) is 6.20 Å². The van der Waals surface area contributed by atoms with E-state index in [0.717, 1.165) is 6.54 Å². The number of aromatic nitrogens is 3. The normalized spacial score (nSPS) is 12.0. The van der Waals surface area contributed by atoms with Crippen molar-refractivity contribution in [2.24, 2.45) is 0 Å². The monoisotopic (exact) mass is 98.1 g/mol. The molecule has 0 saturated heterocycles. The molecule has 1 aromatic heterocycles. The van der Waals surface area contributed by atoms with Gasteiger partial charge in [0.15, 0.2) is 0 Å². The van der Waals surface area contributed by atoms with Crippen LogP contribution in [0, 0.1) is 0 Å². The first-order chi connectivity index (χ1) is 2.97. The number of hydrogen-bond acceptors (Lipinski definition) is 3. The first-order valence-electron chi connectivity index (χ1n) is 1.84. The molecule has 0 atom stereocenters. The second-order valence-corrected chi connectivity index (χ2v) is 1.38. The van der Waals surface area contributed by atoms with E-state index in [-0.39, 0.29) is 6.15 Å². The fourth-order valence-electron chi connectivity index (χ4n) is 0.469. The van der Waals surface area contributed by atoms with E-state index in [9.17, 15) is 0 Å². The highest BCUT2D eigenvalue weighted by Crippen LogP contribution is 2.10. The predicted molar refractivity (Wildman–Crippen MR) is 24.1 cm³/mol. The maximum atomic E-state index is 3.68. The Balaban J connectivity index is 0.000000245. The summed E-state index contributed by atoms with van der Waals surface area (Å²) in [6.45, 7) is 1.02. The van der Waals surface area contributed by atoms with Crippen LogP contribution >= 0.6 is 0 Å². The van der Waals surface area contributed by atoms with Gasteiger partial charge >= 0.3 is 0 Å². The van der Waals surface area contributed by atoms with E-state index in [1.807, 2.05) is 4.68 Å². The molecule has 0 aliphatic carbocycles. The van der Waals surface area contributed by atoms with Gasteiger partial charge in [0, 0.05) is 0 Å². The Morgan fingerprint density at radius 1 is 1.71 bits per heavy atom. The van der Waals surface area contributed by atoms with Crippen LogP contribution in [0.25, 0.3) is 0 Å². The zero-order valence-corrected chi connectivity index (χ0v) is 3.83. The van der Waals surface area contributed by atoms with Crippen molar-refractivity contribution in [2.45, 2.75) is 6.54 Å². The summed E-state index contributed by atoms with van der Waals surface area (Å²) in [6, 6.07) is 0. The summed E-state index contributed by atoms with van der Waals surface area (Å²) < 4.78 is 1.85. The fourth-order valence-corrected chi connectivity index (χ4v) is 0.469. The van der Waals surface area contributed by atoms with Crippen molar-refractivity contribution in [1.29, 1.82) is 0 Å². The van der Waals surface area contributed by atoms with Crippen LogP contribution in [-0.2, 0) is 6.54 Å². The Labute approximate surface area is 40.7 Å². The van der Waals surface area contributed by atoms with Crippen molar-refractivity contribution in [2.75, 3.05) is 0 Å². The Morgan fingerprint density at radius 3 is 2.71 bits per heavy atom. The minimum Gasteiger partial charge on any atom is -0.344 e. The third kappa shape index (κ3) is 0.398. The lowest BCUT2D eigenvalue weighted by Crippen LogP contribution is -1.75. The molecule has 2 heterocycles. The molecule has 4 heteroatoms. The number of hydrogen-bond donors (Lipinski definition) is 1. The topological polar surface area (TPSA) is 65.7 Å². The first-order valence-corrected chi connectivity index (χ1v) is 1.84. The zero-order chi connectivity index (χ0) is 3.98. The van der Waals surface area contributed by atoms with Gasteiger partial charge in [0.2, 0.25) is 0 Å². The molecule has 0 amide bonds. The summed E-state index contributed by atoms with van der Waals surface area (Å²) >= 11 is 0. The highest BCUT2D eigenvalue weighted by molar-refractivity contribution is 5.06. The van der Waals surface area contributed by atoms with Crippen LogP contribution in [0.3, 0.4) is 0 Å². The van der Waals surface area contributed by atoms with E-state index in [4.69, 9.17) is 0 Å². The fraction of sp³-hybridized carbons (Fsp3) is 0.333. The number of fused-ring (bicyclic) bond motifs is 1.